The molecule has 2 heterocycles. The fourth-order valence-corrected chi connectivity index (χ4v) is 9.18. The Morgan fingerprint density at radius 3 is 1.69 bits per heavy atom. The lowest BCUT2D eigenvalue weighted by Gasteiger charge is -2.26. The van der Waals surface area contributed by atoms with Gasteiger partial charge in [0.15, 0.2) is 5.58 Å². The molecule has 0 aliphatic rings. The van der Waals surface area contributed by atoms with Gasteiger partial charge in [-0.05, 0) is 81.6 Å². The molecule has 10 aromatic carbocycles. The Bertz CT molecular complexity index is 3540. The van der Waals surface area contributed by atoms with Gasteiger partial charge in [-0.15, -0.1) is 0 Å². The molecule has 0 aliphatic heterocycles. The molecule has 59 heavy (non-hydrogen) atoms. The summed E-state index contributed by atoms with van der Waals surface area (Å²) in [6, 6.07) is 78.6. The van der Waals surface area contributed by atoms with Crippen molar-refractivity contribution < 1.29 is 4.42 Å². The third-order valence-corrected chi connectivity index (χ3v) is 11.9. The van der Waals surface area contributed by atoms with Gasteiger partial charge in [-0.25, -0.2) is 0 Å². The minimum Gasteiger partial charge on any atom is -0.453 e. The van der Waals surface area contributed by atoms with Crippen LogP contribution in [0.3, 0.4) is 0 Å². The van der Waals surface area contributed by atoms with Gasteiger partial charge in [0.2, 0.25) is 0 Å². The van der Waals surface area contributed by atoms with Crippen molar-refractivity contribution in [3.8, 4) is 27.9 Å². The summed E-state index contributed by atoms with van der Waals surface area (Å²) in [5.74, 6) is 0. The van der Waals surface area contributed by atoms with Gasteiger partial charge in [0.25, 0.3) is 0 Å². The van der Waals surface area contributed by atoms with Crippen LogP contribution < -0.4 is 4.90 Å². The summed E-state index contributed by atoms with van der Waals surface area (Å²) >= 11 is 0. The molecule has 0 atom stereocenters. The molecule has 12 rings (SSSR count). The number of hydrogen-bond donors (Lipinski definition) is 0. The predicted octanol–water partition coefficient (Wildman–Crippen LogP) is 15.8. The van der Waals surface area contributed by atoms with Crippen molar-refractivity contribution in [3.05, 3.63) is 218 Å². The molecule has 0 saturated heterocycles. The quantitative estimate of drug-likeness (QED) is 0.169. The lowest BCUT2D eigenvalue weighted by atomic mass is 9.99. The zero-order valence-corrected chi connectivity index (χ0v) is 32.1. The molecule has 0 radical (unpaired) electrons. The van der Waals surface area contributed by atoms with E-state index in [-0.39, 0.29) is 0 Å². The van der Waals surface area contributed by atoms with Gasteiger partial charge in [-0.3, -0.25) is 0 Å². The van der Waals surface area contributed by atoms with E-state index < -0.39 is 0 Å². The Hall–Kier alpha value is -7.88. The van der Waals surface area contributed by atoms with Crippen molar-refractivity contribution >= 4 is 82.4 Å². The Balaban J connectivity index is 1.11. The van der Waals surface area contributed by atoms with Gasteiger partial charge in [0.1, 0.15) is 5.58 Å². The SMILES string of the molecule is c1ccc(-c2ccc(-c3cccc(N(c4ccc5c6ccc7ccccc7c6n(-c6ccccc6)c5c4)c4cccc5c4oc4c6ccccc6ccc54)c3)cc2)cc1. The fraction of sp³-hybridized carbons (Fsp3) is 0. The number of nitrogens with zero attached hydrogens (tertiary/aromatic N) is 2. The highest BCUT2D eigenvalue weighted by molar-refractivity contribution is 6.20. The van der Waals surface area contributed by atoms with Crippen LogP contribution in [0.15, 0.2) is 223 Å². The Labute approximate surface area is 341 Å². The minimum atomic E-state index is 0.853. The smallest absolute Gasteiger partial charge is 0.159 e. The number of anilines is 3. The summed E-state index contributed by atoms with van der Waals surface area (Å²) in [6.07, 6.45) is 0. The summed E-state index contributed by atoms with van der Waals surface area (Å²) < 4.78 is 9.46. The standard InChI is InChI=1S/C56H36N2O/c1-3-13-37(14-4-1)38-25-27-39(28-26-38)42-17-11-20-44(35-42)57(52-24-12-23-50-51-33-30-41-16-8-10-22-47(41)55(51)59-56(50)52)45-31-34-48-49-32-29-40-15-7-9-21-46(40)54(49)58(53(48)36-45)43-18-5-2-6-19-43/h1-36H. The van der Waals surface area contributed by atoms with Gasteiger partial charge in [0.05, 0.1) is 16.7 Å². The molecule has 2 aromatic heterocycles. The van der Waals surface area contributed by atoms with Gasteiger partial charge >= 0.3 is 0 Å². The third-order valence-electron chi connectivity index (χ3n) is 11.9. The second-order valence-electron chi connectivity index (χ2n) is 15.3. The monoisotopic (exact) mass is 752 g/mol. The predicted molar refractivity (Wildman–Crippen MR) is 249 cm³/mol. The molecular weight excluding hydrogens is 717 g/mol. The van der Waals surface area contributed by atoms with Crippen molar-refractivity contribution in [2.45, 2.75) is 0 Å². The van der Waals surface area contributed by atoms with Crippen LogP contribution in [0.25, 0.3) is 93.2 Å². The molecule has 0 aliphatic carbocycles. The van der Waals surface area contributed by atoms with Crippen molar-refractivity contribution in [3.63, 3.8) is 0 Å². The maximum absolute atomic E-state index is 7.02. The molecule has 276 valence electrons. The van der Waals surface area contributed by atoms with Gasteiger partial charge in [-0.2, -0.15) is 0 Å². The first-order chi connectivity index (χ1) is 29.3. The summed E-state index contributed by atoms with van der Waals surface area (Å²) in [7, 11) is 0. The average molecular weight is 753 g/mol. The van der Waals surface area contributed by atoms with Crippen LogP contribution >= 0.6 is 0 Å². The van der Waals surface area contributed by atoms with Crippen LogP contribution in [-0.4, -0.2) is 4.57 Å². The summed E-state index contributed by atoms with van der Waals surface area (Å²) in [5, 5.41) is 9.36. The van der Waals surface area contributed by atoms with Crippen molar-refractivity contribution in [2.75, 3.05) is 4.90 Å². The van der Waals surface area contributed by atoms with Crippen molar-refractivity contribution in [2.24, 2.45) is 0 Å². The summed E-state index contributed by atoms with van der Waals surface area (Å²) in [4.78, 5) is 2.37. The summed E-state index contributed by atoms with van der Waals surface area (Å²) in [6.45, 7) is 0. The highest BCUT2D eigenvalue weighted by Crippen LogP contribution is 2.46. The van der Waals surface area contributed by atoms with Gasteiger partial charge in [0, 0.05) is 49.4 Å². The van der Waals surface area contributed by atoms with Crippen LogP contribution in [0, 0.1) is 0 Å². The highest BCUT2D eigenvalue weighted by Gasteiger charge is 2.23. The van der Waals surface area contributed by atoms with Crippen LogP contribution in [-0.2, 0) is 0 Å². The maximum Gasteiger partial charge on any atom is 0.159 e. The molecule has 0 unspecified atom stereocenters. The topological polar surface area (TPSA) is 21.3 Å². The van der Waals surface area contributed by atoms with Crippen molar-refractivity contribution in [1.29, 1.82) is 0 Å². The molecule has 0 saturated carbocycles. The normalized spacial score (nSPS) is 11.7. The van der Waals surface area contributed by atoms with E-state index in [1.807, 2.05) is 0 Å². The van der Waals surface area contributed by atoms with Gasteiger partial charge in [-0.1, -0.05) is 170 Å². The number of aromatic nitrogens is 1. The van der Waals surface area contributed by atoms with Crippen molar-refractivity contribution in [1.82, 2.24) is 4.57 Å². The van der Waals surface area contributed by atoms with E-state index in [2.05, 4.69) is 228 Å². The number of hydrogen-bond acceptors (Lipinski definition) is 2. The van der Waals surface area contributed by atoms with Crippen LogP contribution in [0.5, 0.6) is 0 Å². The first kappa shape index (κ1) is 33.3. The van der Waals surface area contributed by atoms with Crippen LogP contribution in [0.1, 0.15) is 0 Å². The first-order valence-corrected chi connectivity index (χ1v) is 20.2. The van der Waals surface area contributed by atoms with E-state index in [1.165, 1.54) is 38.2 Å². The van der Waals surface area contributed by atoms with Crippen LogP contribution in [0.4, 0.5) is 17.1 Å². The number of rotatable bonds is 6. The van der Waals surface area contributed by atoms with E-state index in [0.717, 1.165) is 72.1 Å². The molecule has 0 spiro atoms. The van der Waals surface area contributed by atoms with E-state index in [0.29, 0.717) is 0 Å². The first-order valence-electron chi connectivity index (χ1n) is 20.2. The third kappa shape index (κ3) is 5.36. The number of para-hydroxylation sites is 2. The molecule has 0 bridgehead atoms. The Kier molecular flexibility index (Phi) is 7.54. The zero-order valence-electron chi connectivity index (χ0n) is 32.1. The van der Waals surface area contributed by atoms with E-state index in [4.69, 9.17) is 4.42 Å². The lowest BCUT2D eigenvalue weighted by molar-refractivity contribution is 0.673. The lowest BCUT2D eigenvalue weighted by Crippen LogP contribution is -2.10. The second-order valence-corrected chi connectivity index (χ2v) is 15.3. The fourth-order valence-electron chi connectivity index (χ4n) is 9.18. The molecule has 0 N–H and O–H groups in total. The number of furan rings is 1. The summed E-state index contributed by atoms with van der Waals surface area (Å²) in [5.41, 5.74) is 13.0. The van der Waals surface area contributed by atoms with E-state index in [1.54, 1.807) is 0 Å². The molecule has 0 fully saturated rings. The Morgan fingerprint density at radius 1 is 0.339 bits per heavy atom. The van der Waals surface area contributed by atoms with E-state index >= 15 is 0 Å². The number of benzene rings is 10. The Morgan fingerprint density at radius 2 is 0.898 bits per heavy atom. The molecule has 3 nitrogen and oxygen atoms in total. The number of fused-ring (bicyclic) bond motifs is 10. The molecule has 12 aromatic rings. The van der Waals surface area contributed by atoms with E-state index in [9.17, 15) is 0 Å². The largest absolute Gasteiger partial charge is 0.453 e. The molecule has 3 heteroatoms. The average Bonchev–Trinajstić information content (AvgIpc) is 3.87. The zero-order chi connectivity index (χ0) is 38.9. The highest BCUT2D eigenvalue weighted by atomic mass is 16.3. The molecule has 0 amide bonds. The van der Waals surface area contributed by atoms with Gasteiger partial charge < -0.3 is 13.9 Å². The second kappa shape index (κ2) is 13.4. The maximum atomic E-state index is 7.02. The molecular formula is C56H36N2O. The van der Waals surface area contributed by atoms with Crippen LogP contribution in [0.2, 0.25) is 0 Å². The minimum absolute atomic E-state index is 0.853.